The smallest absolute Gasteiger partial charge is 0.109 e. The quantitative estimate of drug-likeness (QED) is 0.232. The summed E-state index contributed by atoms with van der Waals surface area (Å²) in [5.74, 6) is 0. The Labute approximate surface area is 175 Å². The highest BCUT2D eigenvalue weighted by atomic mass is 16.5. The topological polar surface area (TPSA) is 203 Å². The van der Waals surface area contributed by atoms with E-state index in [4.69, 9.17) is 32.4 Å². The van der Waals surface area contributed by atoms with Crippen LogP contribution in [0.1, 0.15) is 24.0 Å². The molecule has 0 saturated heterocycles. The van der Waals surface area contributed by atoms with Crippen molar-refractivity contribution in [3.05, 3.63) is 35.4 Å². The third-order valence-electron chi connectivity index (χ3n) is 6.09. The SMILES string of the molecule is N[C@@H]1C[C@H](N)[C@@H](OCc2ccc(CO[C@H]3[C@H](O)[C@@H](O)[C@H](N)C[C@@H]3N)cc2)[C@H](O)[C@H]1O. The molecule has 1 aromatic carbocycles. The molecule has 0 aromatic heterocycles. The van der Waals surface area contributed by atoms with Gasteiger partial charge in [-0.3, -0.25) is 0 Å². The van der Waals surface area contributed by atoms with Gasteiger partial charge in [0.15, 0.2) is 0 Å². The lowest BCUT2D eigenvalue weighted by atomic mass is 9.84. The molecule has 170 valence electrons. The Bertz CT molecular complexity index is 623. The first-order valence-electron chi connectivity index (χ1n) is 10.2. The molecule has 2 aliphatic carbocycles. The molecule has 2 aliphatic rings. The lowest BCUT2D eigenvalue weighted by Gasteiger charge is -2.39. The molecule has 0 radical (unpaired) electrons. The third-order valence-corrected chi connectivity index (χ3v) is 6.09. The van der Waals surface area contributed by atoms with E-state index in [1.807, 2.05) is 24.3 Å². The van der Waals surface area contributed by atoms with Gasteiger partial charge >= 0.3 is 0 Å². The minimum atomic E-state index is -1.13. The molecular weight excluding hydrogens is 392 g/mol. The summed E-state index contributed by atoms with van der Waals surface area (Å²) in [5.41, 5.74) is 25.3. The number of aliphatic hydroxyl groups is 4. The van der Waals surface area contributed by atoms with Gasteiger partial charge in [-0.15, -0.1) is 0 Å². The van der Waals surface area contributed by atoms with Crippen LogP contribution in [0, 0.1) is 0 Å². The minimum absolute atomic E-state index is 0.217. The van der Waals surface area contributed by atoms with Crippen molar-refractivity contribution >= 4 is 0 Å². The average Bonchev–Trinajstić information content (AvgIpc) is 2.71. The largest absolute Gasteiger partial charge is 0.389 e. The maximum absolute atomic E-state index is 10.2. The highest BCUT2D eigenvalue weighted by Gasteiger charge is 2.42. The molecule has 1 aromatic rings. The van der Waals surface area contributed by atoms with E-state index in [1.54, 1.807) is 0 Å². The Kier molecular flexibility index (Phi) is 7.80. The molecule has 3 rings (SSSR count). The number of hydrogen-bond donors (Lipinski definition) is 8. The molecule has 0 aliphatic heterocycles. The van der Waals surface area contributed by atoms with Gasteiger partial charge < -0.3 is 52.8 Å². The molecule has 0 heterocycles. The monoisotopic (exact) mass is 426 g/mol. The van der Waals surface area contributed by atoms with Crippen molar-refractivity contribution in [1.82, 2.24) is 0 Å². The Balaban J connectivity index is 1.50. The van der Waals surface area contributed by atoms with E-state index in [0.717, 1.165) is 11.1 Å². The highest BCUT2D eigenvalue weighted by molar-refractivity contribution is 5.21. The summed E-state index contributed by atoms with van der Waals surface area (Å²) in [7, 11) is 0. The van der Waals surface area contributed by atoms with Gasteiger partial charge in [0.2, 0.25) is 0 Å². The molecule has 10 heteroatoms. The first-order chi connectivity index (χ1) is 14.2. The molecule has 30 heavy (non-hydrogen) atoms. The fourth-order valence-corrected chi connectivity index (χ4v) is 4.14. The van der Waals surface area contributed by atoms with E-state index in [9.17, 15) is 20.4 Å². The number of ether oxygens (including phenoxy) is 2. The number of aliphatic hydroxyl groups excluding tert-OH is 4. The molecule has 12 N–H and O–H groups in total. The maximum Gasteiger partial charge on any atom is 0.109 e. The van der Waals surface area contributed by atoms with Crippen molar-refractivity contribution in [2.45, 2.75) is 86.8 Å². The Morgan fingerprint density at radius 2 is 0.933 bits per heavy atom. The van der Waals surface area contributed by atoms with Crippen LogP contribution in [0.5, 0.6) is 0 Å². The molecule has 10 nitrogen and oxygen atoms in total. The third kappa shape index (κ3) is 5.17. The van der Waals surface area contributed by atoms with Crippen molar-refractivity contribution in [1.29, 1.82) is 0 Å². The average molecular weight is 427 g/mol. The molecule has 0 amide bonds. The number of nitrogens with two attached hydrogens (primary N) is 4. The second-order valence-corrected chi connectivity index (χ2v) is 8.46. The summed E-state index contributed by atoms with van der Waals surface area (Å²) in [4.78, 5) is 0. The van der Waals surface area contributed by atoms with Crippen LogP contribution < -0.4 is 22.9 Å². The van der Waals surface area contributed by atoms with Crippen molar-refractivity contribution in [2.24, 2.45) is 22.9 Å². The van der Waals surface area contributed by atoms with Gasteiger partial charge in [0.05, 0.1) is 25.4 Å². The zero-order valence-electron chi connectivity index (χ0n) is 16.8. The number of rotatable bonds is 6. The van der Waals surface area contributed by atoms with Gasteiger partial charge in [0.25, 0.3) is 0 Å². The first kappa shape index (κ1) is 23.5. The fourth-order valence-electron chi connectivity index (χ4n) is 4.14. The number of hydrogen-bond acceptors (Lipinski definition) is 10. The van der Waals surface area contributed by atoms with E-state index in [2.05, 4.69) is 0 Å². The van der Waals surface area contributed by atoms with Gasteiger partial charge in [-0.1, -0.05) is 24.3 Å². The molecular formula is C20H34N4O6. The molecule has 0 unspecified atom stereocenters. The van der Waals surface area contributed by atoms with Gasteiger partial charge in [-0.25, -0.2) is 0 Å². The van der Waals surface area contributed by atoms with Crippen molar-refractivity contribution in [3.8, 4) is 0 Å². The predicted octanol–water partition coefficient (Wildman–Crippen LogP) is -2.98. The fraction of sp³-hybridized carbons (Fsp3) is 0.700. The second-order valence-electron chi connectivity index (χ2n) is 8.46. The molecule has 2 fully saturated rings. The van der Waals surface area contributed by atoms with Crippen LogP contribution in [-0.2, 0) is 22.7 Å². The van der Waals surface area contributed by atoms with E-state index in [1.165, 1.54) is 0 Å². The number of benzene rings is 1. The zero-order chi connectivity index (χ0) is 22.0. The second kappa shape index (κ2) is 9.96. The highest BCUT2D eigenvalue weighted by Crippen LogP contribution is 2.23. The van der Waals surface area contributed by atoms with Crippen LogP contribution in [0.4, 0.5) is 0 Å². The summed E-state index contributed by atoms with van der Waals surface area (Å²) in [6, 6.07) is 5.35. The van der Waals surface area contributed by atoms with Crippen molar-refractivity contribution in [2.75, 3.05) is 0 Å². The van der Waals surface area contributed by atoms with Crippen LogP contribution >= 0.6 is 0 Å². The summed E-state index contributed by atoms with van der Waals surface area (Å²) in [6.45, 7) is 0.434. The van der Waals surface area contributed by atoms with Crippen LogP contribution in [0.25, 0.3) is 0 Å². The Hall–Kier alpha value is -1.18. The van der Waals surface area contributed by atoms with Crippen molar-refractivity contribution < 1.29 is 29.9 Å². The summed E-state index contributed by atoms with van der Waals surface area (Å²) in [6.07, 6.45) is -5.06. The lowest BCUT2D eigenvalue weighted by molar-refractivity contribution is -0.132. The summed E-state index contributed by atoms with van der Waals surface area (Å²) < 4.78 is 11.5. The standard InChI is InChI=1S/C20H34N4O6/c21-11-5-13(23)19(17(27)15(11)25)29-7-9-1-2-10(4-3-9)8-30-20-14(24)6-12(22)16(26)18(20)28/h1-4,11-20,25-28H,5-8,21-24H2/t11-,12-,13+,14+,15+,16+,17-,18-,19-,20-/m1/s1. The molecule has 2 saturated carbocycles. The molecule has 0 spiro atoms. The van der Waals surface area contributed by atoms with Gasteiger partial charge in [0.1, 0.15) is 24.4 Å². The lowest BCUT2D eigenvalue weighted by Crippen LogP contribution is -2.61. The Morgan fingerprint density at radius 1 is 0.600 bits per heavy atom. The maximum atomic E-state index is 10.2. The summed E-state index contributed by atoms with van der Waals surface area (Å²) in [5, 5.41) is 40.2. The van der Waals surface area contributed by atoms with E-state index in [-0.39, 0.29) is 13.2 Å². The van der Waals surface area contributed by atoms with E-state index >= 15 is 0 Å². The van der Waals surface area contributed by atoms with Crippen molar-refractivity contribution in [3.63, 3.8) is 0 Å². The van der Waals surface area contributed by atoms with Gasteiger partial charge in [-0.05, 0) is 24.0 Å². The molecule has 0 bridgehead atoms. The Morgan fingerprint density at radius 3 is 1.27 bits per heavy atom. The molecule has 10 atom stereocenters. The normalized spacial score (nSPS) is 42.3. The van der Waals surface area contributed by atoms with Crippen LogP contribution in [0.2, 0.25) is 0 Å². The van der Waals surface area contributed by atoms with Crippen LogP contribution in [0.3, 0.4) is 0 Å². The minimum Gasteiger partial charge on any atom is -0.389 e. The summed E-state index contributed by atoms with van der Waals surface area (Å²) >= 11 is 0. The van der Waals surface area contributed by atoms with Crippen LogP contribution in [-0.4, -0.2) is 81.2 Å². The first-order valence-corrected chi connectivity index (χ1v) is 10.2. The predicted molar refractivity (Wildman–Crippen MR) is 109 cm³/mol. The van der Waals surface area contributed by atoms with E-state index in [0.29, 0.717) is 12.8 Å². The zero-order valence-corrected chi connectivity index (χ0v) is 16.8. The van der Waals surface area contributed by atoms with Crippen LogP contribution in [0.15, 0.2) is 24.3 Å². The van der Waals surface area contributed by atoms with Gasteiger partial charge in [0, 0.05) is 24.2 Å². The van der Waals surface area contributed by atoms with Gasteiger partial charge in [-0.2, -0.15) is 0 Å². The van der Waals surface area contributed by atoms with E-state index < -0.39 is 60.8 Å².